The van der Waals surface area contributed by atoms with Crippen molar-refractivity contribution >= 4 is 55.8 Å². The molecule has 1 aliphatic carbocycles. The highest BCUT2D eigenvalue weighted by Crippen LogP contribution is 2.37. The maximum absolute atomic E-state index is 14.7. The number of ether oxygens (including phenoxy) is 1. The highest BCUT2D eigenvalue weighted by atomic mass is 32.2. The lowest BCUT2D eigenvalue weighted by molar-refractivity contribution is -0.192. The number of nitrogen functional groups attached to an aromatic ring is 1. The van der Waals surface area contributed by atoms with Gasteiger partial charge in [-0.3, -0.25) is 10.1 Å². The summed E-state index contributed by atoms with van der Waals surface area (Å²) in [7, 11) is -2.03. The Balaban J connectivity index is 0.000000679. The molecular weight excluding hydrogens is 710 g/mol. The van der Waals surface area contributed by atoms with Crippen LogP contribution in [0.25, 0.3) is 10.8 Å². The minimum Gasteiger partial charge on any atom is -0.475 e. The molecule has 3 heterocycles. The summed E-state index contributed by atoms with van der Waals surface area (Å²) in [4.78, 5) is 41.3. The second-order valence-electron chi connectivity index (χ2n) is 12.6. The summed E-state index contributed by atoms with van der Waals surface area (Å²) in [5, 5.41) is 13.3. The second kappa shape index (κ2) is 14.7. The second-order valence-corrected chi connectivity index (χ2v) is 14.8. The summed E-state index contributed by atoms with van der Waals surface area (Å²) in [6, 6.07) is 14.2. The number of aliphatic carboxylic acids is 1. The van der Waals surface area contributed by atoms with Gasteiger partial charge < -0.3 is 25.8 Å². The first kappa shape index (κ1) is 37.8. The molecule has 4 bridgehead atoms. The lowest BCUT2D eigenvalue weighted by Gasteiger charge is -2.28. The maximum Gasteiger partial charge on any atom is 0.490 e. The number of pyridine rings is 1. The van der Waals surface area contributed by atoms with Gasteiger partial charge in [-0.1, -0.05) is 25.1 Å². The van der Waals surface area contributed by atoms with Crippen molar-refractivity contribution in [1.29, 1.82) is 0 Å². The molecule has 17 heteroatoms. The number of hydrogen-bond donors (Lipinski definition) is 4. The van der Waals surface area contributed by atoms with Crippen molar-refractivity contribution in [3.63, 3.8) is 0 Å². The normalized spacial score (nSPS) is 18.2. The molecule has 1 fully saturated rings. The van der Waals surface area contributed by atoms with Crippen molar-refractivity contribution in [1.82, 2.24) is 9.88 Å². The van der Waals surface area contributed by atoms with Gasteiger partial charge in [-0.15, -0.1) is 0 Å². The molecule has 3 aromatic carbocycles. The highest BCUT2D eigenvalue weighted by molar-refractivity contribution is 7.92. The van der Waals surface area contributed by atoms with Crippen molar-refractivity contribution in [2.75, 3.05) is 30.0 Å². The molecule has 1 saturated carbocycles. The monoisotopic (exact) mass is 745 g/mol. The van der Waals surface area contributed by atoms with Crippen LogP contribution in [0.5, 0.6) is 0 Å². The zero-order chi connectivity index (χ0) is 38.1. The van der Waals surface area contributed by atoms with Gasteiger partial charge in [0, 0.05) is 41.7 Å². The van der Waals surface area contributed by atoms with Crippen LogP contribution in [0.3, 0.4) is 0 Å². The molecule has 276 valence electrons. The Bertz CT molecular complexity index is 2160. The average Bonchev–Trinajstić information content (AvgIpc) is 3.94. The number of carboxylic acids is 1. The minimum atomic E-state index is -5.08. The molecule has 7 rings (SSSR count). The smallest absolute Gasteiger partial charge is 0.475 e. The van der Waals surface area contributed by atoms with E-state index in [0.717, 1.165) is 17.3 Å². The fourth-order valence-electron chi connectivity index (χ4n) is 5.82. The Kier molecular flexibility index (Phi) is 10.6. The molecular formula is C35H35F4N5O7S. The first-order chi connectivity index (χ1) is 24.4. The predicted molar refractivity (Wildman–Crippen MR) is 184 cm³/mol. The maximum atomic E-state index is 14.7. The first-order valence-corrected chi connectivity index (χ1v) is 17.5. The van der Waals surface area contributed by atoms with E-state index in [0.29, 0.717) is 40.7 Å². The lowest BCUT2D eigenvalue weighted by Crippen LogP contribution is -2.35. The number of sulfone groups is 1. The van der Waals surface area contributed by atoms with Crippen LogP contribution >= 0.6 is 0 Å². The molecule has 0 radical (unpaired) electrons. The Morgan fingerprint density at radius 2 is 1.77 bits per heavy atom. The Labute approximate surface area is 295 Å². The lowest BCUT2D eigenvalue weighted by atomic mass is 9.93. The third kappa shape index (κ3) is 8.36. The van der Waals surface area contributed by atoms with Crippen LogP contribution < -0.4 is 16.4 Å². The number of carbonyl (C=O) groups is 3. The minimum absolute atomic E-state index is 0.0501. The third-order valence-corrected chi connectivity index (χ3v) is 11.0. The van der Waals surface area contributed by atoms with Crippen LogP contribution in [0, 0.1) is 12.7 Å². The molecule has 0 unspecified atom stereocenters. The van der Waals surface area contributed by atoms with Crippen LogP contribution in [0.1, 0.15) is 54.0 Å². The Morgan fingerprint density at radius 1 is 1.08 bits per heavy atom. The van der Waals surface area contributed by atoms with Gasteiger partial charge in [0.2, 0.25) is 5.91 Å². The zero-order valence-electron chi connectivity index (χ0n) is 28.1. The van der Waals surface area contributed by atoms with E-state index in [1.807, 2.05) is 32.0 Å². The molecule has 5 N–H and O–H groups in total. The van der Waals surface area contributed by atoms with Gasteiger partial charge in [0.05, 0.1) is 22.9 Å². The number of nitrogens with zero attached hydrogens (tertiary/aromatic N) is 2. The van der Waals surface area contributed by atoms with Crippen LogP contribution in [0.4, 0.5) is 39.5 Å². The number of likely N-dealkylation sites (N-methyl/N-ethyl adjacent to an activating group) is 1. The van der Waals surface area contributed by atoms with E-state index in [1.165, 1.54) is 17.0 Å². The number of fused-ring (bicyclic) bond motifs is 10. The number of hydrogen-bond acceptors (Lipinski definition) is 9. The largest absolute Gasteiger partial charge is 0.490 e. The quantitative estimate of drug-likeness (QED) is 0.173. The molecule has 4 aromatic rings. The van der Waals surface area contributed by atoms with Crippen molar-refractivity contribution in [2.45, 2.75) is 61.5 Å². The molecule has 2 aliphatic heterocycles. The number of nitrogens with two attached hydrogens (primary N) is 1. The number of carbonyl (C=O) groups excluding carboxylic acids is 2. The zero-order valence-corrected chi connectivity index (χ0v) is 28.9. The van der Waals surface area contributed by atoms with E-state index in [2.05, 4.69) is 15.6 Å². The Morgan fingerprint density at radius 3 is 2.40 bits per heavy atom. The van der Waals surface area contributed by atoms with Crippen molar-refractivity contribution < 1.29 is 50.2 Å². The number of rotatable bonds is 4. The molecule has 52 heavy (non-hydrogen) atoms. The van der Waals surface area contributed by atoms with E-state index in [9.17, 15) is 35.6 Å². The number of benzene rings is 3. The SMILES string of the molecule is Cc1cc2ccc1[C@@H](C)COC(=O)Nc1ccc(S(=O)(=O)C3CC3)c(c1)CN(C)C(=O)[C@@H]2Nc1ccc2c(N)ncc(F)c2c1.O=C(O)C(F)(F)F. The van der Waals surface area contributed by atoms with Crippen LogP contribution in [-0.2, 0) is 30.7 Å². The molecule has 2 atom stereocenters. The van der Waals surface area contributed by atoms with Crippen molar-refractivity contribution in [2.24, 2.45) is 0 Å². The average molecular weight is 746 g/mol. The van der Waals surface area contributed by atoms with E-state index >= 15 is 0 Å². The summed E-state index contributed by atoms with van der Waals surface area (Å²) >= 11 is 0. The summed E-state index contributed by atoms with van der Waals surface area (Å²) in [6.45, 7) is 3.92. The topological polar surface area (TPSA) is 181 Å². The van der Waals surface area contributed by atoms with Crippen LogP contribution in [-0.4, -0.2) is 66.5 Å². The van der Waals surface area contributed by atoms with Crippen LogP contribution in [0.15, 0.2) is 65.7 Å². The molecule has 2 amide bonds. The fourth-order valence-corrected chi connectivity index (χ4v) is 7.68. The molecule has 12 nitrogen and oxygen atoms in total. The predicted octanol–water partition coefficient (Wildman–Crippen LogP) is 6.31. The number of halogens is 4. The van der Waals surface area contributed by atoms with Gasteiger partial charge in [-0.2, -0.15) is 13.2 Å². The standard InChI is InChI=1S/C33H34FN5O5S.C2HF3O2/c1-18-12-20-4-9-25(18)19(2)17-44-33(41)38-22-6-11-29(45(42,43)24-7-8-24)21(13-22)16-39(3)32(40)30(20)37-23-5-10-26-27(14-23)28(34)15-36-31(26)35;3-2(4,5)1(6)7/h4-6,9-15,19,24,30,37H,7-8,16-17H2,1-3H3,(H2,35,36)(H,38,41);(H,6,7)/t19-,30+;/m0./s1. The highest BCUT2D eigenvalue weighted by Gasteiger charge is 2.39. The van der Waals surface area contributed by atoms with Gasteiger partial charge in [-0.05, 0) is 78.4 Å². The van der Waals surface area contributed by atoms with Gasteiger partial charge in [0.25, 0.3) is 0 Å². The number of aromatic nitrogens is 1. The summed E-state index contributed by atoms with van der Waals surface area (Å²) in [5.74, 6) is -3.60. The molecule has 1 aromatic heterocycles. The summed E-state index contributed by atoms with van der Waals surface area (Å²) < 4.78 is 78.7. The van der Waals surface area contributed by atoms with Crippen molar-refractivity contribution in [3.05, 3.63) is 88.9 Å². The van der Waals surface area contributed by atoms with Gasteiger partial charge in [0.1, 0.15) is 17.7 Å². The molecule has 3 aliphatic rings. The van der Waals surface area contributed by atoms with Gasteiger partial charge in [0.15, 0.2) is 9.84 Å². The van der Waals surface area contributed by atoms with E-state index in [1.54, 1.807) is 31.3 Å². The number of aryl methyl sites for hydroxylation is 1. The molecule has 0 spiro atoms. The number of amides is 2. The summed E-state index contributed by atoms with van der Waals surface area (Å²) in [5.41, 5.74) is 9.67. The van der Waals surface area contributed by atoms with E-state index < -0.39 is 45.2 Å². The van der Waals surface area contributed by atoms with Gasteiger partial charge >= 0.3 is 18.2 Å². The number of nitrogens with one attached hydrogen (secondary N) is 2. The van der Waals surface area contributed by atoms with Crippen molar-refractivity contribution in [3.8, 4) is 0 Å². The molecule has 0 saturated heterocycles. The van der Waals surface area contributed by atoms with E-state index in [4.69, 9.17) is 20.4 Å². The van der Waals surface area contributed by atoms with E-state index in [-0.39, 0.29) is 41.1 Å². The summed E-state index contributed by atoms with van der Waals surface area (Å²) in [6.07, 6.45) is -3.53. The first-order valence-electron chi connectivity index (χ1n) is 15.9. The van der Waals surface area contributed by atoms with Gasteiger partial charge in [-0.25, -0.2) is 27.4 Å². The number of carboxylic acid groups (broad SMARTS) is 1. The third-order valence-electron chi connectivity index (χ3n) is 8.65. The Hall–Kier alpha value is -5.45. The van der Waals surface area contributed by atoms with Crippen LogP contribution in [0.2, 0.25) is 0 Å². The fraction of sp³-hybridized carbons (Fsp3) is 0.314. The number of anilines is 3. The number of alkyl halides is 3.